The topological polar surface area (TPSA) is 23.5 Å². The largest absolute Gasteiger partial charge is 0.384 e. The highest BCUT2D eigenvalue weighted by Crippen LogP contribution is 2.37. The summed E-state index contributed by atoms with van der Waals surface area (Å²) in [5.41, 5.74) is 2.83. The molecule has 104 valence electrons. The predicted molar refractivity (Wildman–Crippen MR) is 83.4 cm³/mol. The first kappa shape index (κ1) is 13.5. The van der Waals surface area contributed by atoms with Gasteiger partial charge < -0.3 is 10.0 Å². The smallest absolute Gasteiger partial charge is 0.106 e. The Hall–Kier alpha value is -1.51. The van der Waals surface area contributed by atoms with Gasteiger partial charge in [0.1, 0.15) is 6.10 Å². The molecule has 1 aliphatic carbocycles. The van der Waals surface area contributed by atoms with E-state index in [9.17, 15) is 5.11 Å². The van der Waals surface area contributed by atoms with Gasteiger partial charge in [-0.1, -0.05) is 41.9 Å². The van der Waals surface area contributed by atoms with Crippen molar-refractivity contribution in [1.29, 1.82) is 0 Å². The summed E-state index contributed by atoms with van der Waals surface area (Å²) >= 11 is 6.12. The first-order valence-electron chi connectivity index (χ1n) is 6.92. The number of hydrogen-bond donors (Lipinski definition) is 1. The van der Waals surface area contributed by atoms with Crippen molar-refractivity contribution < 1.29 is 5.11 Å². The van der Waals surface area contributed by atoms with Crippen LogP contribution in [-0.4, -0.2) is 18.2 Å². The van der Waals surface area contributed by atoms with Crippen molar-refractivity contribution in [2.45, 2.75) is 25.0 Å². The minimum Gasteiger partial charge on any atom is -0.384 e. The number of nitrogens with zero attached hydrogens (tertiary/aromatic N) is 1. The highest BCUT2D eigenvalue weighted by molar-refractivity contribution is 6.30. The number of halogens is 1. The lowest BCUT2D eigenvalue weighted by molar-refractivity contribution is 0.220. The molecule has 3 heteroatoms. The van der Waals surface area contributed by atoms with Gasteiger partial charge in [0.15, 0.2) is 0 Å². The van der Waals surface area contributed by atoms with Crippen LogP contribution >= 0.6 is 11.6 Å². The Kier molecular flexibility index (Phi) is 3.68. The molecule has 0 radical (unpaired) electrons. The molecule has 1 N–H and O–H groups in total. The maximum Gasteiger partial charge on any atom is 0.106 e. The van der Waals surface area contributed by atoms with E-state index in [1.165, 1.54) is 12.8 Å². The van der Waals surface area contributed by atoms with Crippen molar-refractivity contribution in [2.75, 3.05) is 11.9 Å². The Bertz CT molecular complexity index is 595. The molecular formula is C17H18ClNO. The van der Waals surface area contributed by atoms with E-state index >= 15 is 0 Å². The van der Waals surface area contributed by atoms with Gasteiger partial charge in [-0.2, -0.15) is 0 Å². The molecule has 1 atom stereocenters. The zero-order valence-electron chi connectivity index (χ0n) is 11.5. The zero-order valence-corrected chi connectivity index (χ0v) is 12.2. The van der Waals surface area contributed by atoms with Gasteiger partial charge in [-0.25, -0.2) is 0 Å². The van der Waals surface area contributed by atoms with Crippen molar-refractivity contribution >= 4 is 17.3 Å². The number of rotatable bonds is 4. The number of hydrogen-bond acceptors (Lipinski definition) is 2. The maximum absolute atomic E-state index is 10.7. The standard InChI is InChI=1S/C17H18ClNO/c1-19(14-8-9-14)16-10-7-13(18)11-15(16)17(20)12-5-3-2-4-6-12/h2-7,10-11,14,17,20H,8-9H2,1H3. The normalized spacial score (nSPS) is 15.9. The van der Waals surface area contributed by atoms with Crippen LogP contribution < -0.4 is 4.90 Å². The molecule has 1 aliphatic rings. The monoisotopic (exact) mass is 287 g/mol. The summed E-state index contributed by atoms with van der Waals surface area (Å²) < 4.78 is 0. The summed E-state index contributed by atoms with van der Waals surface area (Å²) in [6.07, 6.45) is 1.80. The van der Waals surface area contributed by atoms with Gasteiger partial charge >= 0.3 is 0 Å². The molecule has 0 amide bonds. The fourth-order valence-corrected chi connectivity index (χ4v) is 2.72. The molecule has 1 unspecified atom stereocenters. The van der Waals surface area contributed by atoms with Crippen molar-refractivity contribution in [1.82, 2.24) is 0 Å². The van der Waals surface area contributed by atoms with Gasteiger partial charge in [-0.3, -0.25) is 0 Å². The summed E-state index contributed by atoms with van der Waals surface area (Å²) in [6, 6.07) is 16.1. The average molecular weight is 288 g/mol. The van der Waals surface area contributed by atoms with Crippen LogP contribution in [0.5, 0.6) is 0 Å². The highest BCUT2D eigenvalue weighted by atomic mass is 35.5. The molecule has 1 fully saturated rings. The van der Waals surface area contributed by atoms with Crippen molar-refractivity contribution in [3.05, 3.63) is 64.7 Å². The van der Waals surface area contributed by atoms with Crippen LogP contribution in [0.15, 0.2) is 48.5 Å². The third-order valence-electron chi connectivity index (χ3n) is 3.87. The Morgan fingerprint density at radius 3 is 2.50 bits per heavy atom. The van der Waals surface area contributed by atoms with Gasteiger partial charge in [-0.05, 0) is 36.6 Å². The molecule has 2 aromatic rings. The second-order valence-electron chi connectivity index (χ2n) is 5.36. The zero-order chi connectivity index (χ0) is 14.1. The summed E-state index contributed by atoms with van der Waals surface area (Å²) in [7, 11) is 2.09. The first-order chi connectivity index (χ1) is 9.66. The van der Waals surface area contributed by atoms with Crippen molar-refractivity contribution in [3.63, 3.8) is 0 Å². The van der Waals surface area contributed by atoms with Crippen LogP contribution in [-0.2, 0) is 0 Å². The van der Waals surface area contributed by atoms with E-state index in [1.807, 2.05) is 48.5 Å². The van der Waals surface area contributed by atoms with Crippen LogP contribution in [0.2, 0.25) is 5.02 Å². The average Bonchev–Trinajstić information content (AvgIpc) is 3.31. The quantitative estimate of drug-likeness (QED) is 0.918. The van der Waals surface area contributed by atoms with Crippen LogP contribution in [0, 0.1) is 0 Å². The van der Waals surface area contributed by atoms with Crippen molar-refractivity contribution in [3.8, 4) is 0 Å². The minimum absolute atomic E-state index is 0.595. The second kappa shape index (κ2) is 5.47. The number of benzene rings is 2. The van der Waals surface area contributed by atoms with Gasteiger partial charge in [-0.15, -0.1) is 0 Å². The first-order valence-corrected chi connectivity index (χ1v) is 7.30. The fourth-order valence-electron chi connectivity index (χ4n) is 2.54. The Morgan fingerprint density at radius 1 is 1.15 bits per heavy atom. The molecule has 2 aromatic carbocycles. The second-order valence-corrected chi connectivity index (χ2v) is 5.79. The summed E-state index contributed by atoms with van der Waals surface area (Å²) in [5.74, 6) is 0. The number of anilines is 1. The Labute approximate surface area is 124 Å². The van der Waals surface area contributed by atoms with E-state index in [0.29, 0.717) is 11.1 Å². The Morgan fingerprint density at radius 2 is 1.85 bits per heavy atom. The molecule has 0 spiro atoms. The van der Waals surface area contributed by atoms with E-state index in [-0.39, 0.29) is 0 Å². The lowest BCUT2D eigenvalue weighted by Gasteiger charge is -2.25. The molecule has 0 aliphatic heterocycles. The van der Waals surface area contributed by atoms with E-state index < -0.39 is 6.10 Å². The Balaban J connectivity index is 2.00. The molecule has 0 aromatic heterocycles. The summed E-state index contributed by atoms with van der Waals surface area (Å²) in [4.78, 5) is 2.25. The molecular weight excluding hydrogens is 270 g/mol. The summed E-state index contributed by atoms with van der Waals surface area (Å²) in [5, 5.41) is 11.3. The van der Waals surface area contributed by atoms with E-state index in [2.05, 4.69) is 11.9 Å². The predicted octanol–water partition coefficient (Wildman–Crippen LogP) is 4.02. The van der Waals surface area contributed by atoms with Gasteiger partial charge in [0.25, 0.3) is 0 Å². The van der Waals surface area contributed by atoms with E-state index in [1.54, 1.807) is 0 Å². The maximum atomic E-state index is 10.7. The number of aliphatic hydroxyl groups is 1. The third kappa shape index (κ3) is 2.67. The van der Waals surface area contributed by atoms with Crippen LogP contribution in [0.25, 0.3) is 0 Å². The summed E-state index contributed by atoms with van der Waals surface area (Å²) in [6.45, 7) is 0. The highest BCUT2D eigenvalue weighted by Gasteiger charge is 2.29. The molecule has 0 bridgehead atoms. The van der Waals surface area contributed by atoms with Gasteiger partial charge in [0, 0.05) is 29.4 Å². The van der Waals surface area contributed by atoms with Crippen LogP contribution in [0.1, 0.15) is 30.1 Å². The lowest BCUT2D eigenvalue weighted by atomic mass is 9.99. The minimum atomic E-state index is -0.647. The SMILES string of the molecule is CN(c1ccc(Cl)cc1C(O)c1ccccc1)C1CC1. The third-order valence-corrected chi connectivity index (χ3v) is 4.11. The van der Waals surface area contributed by atoms with E-state index in [0.717, 1.165) is 16.8 Å². The molecule has 1 saturated carbocycles. The van der Waals surface area contributed by atoms with Gasteiger partial charge in [0.2, 0.25) is 0 Å². The van der Waals surface area contributed by atoms with E-state index in [4.69, 9.17) is 11.6 Å². The number of aliphatic hydroxyl groups excluding tert-OH is 1. The molecule has 2 nitrogen and oxygen atoms in total. The molecule has 0 heterocycles. The van der Waals surface area contributed by atoms with Crippen molar-refractivity contribution in [2.24, 2.45) is 0 Å². The van der Waals surface area contributed by atoms with Crippen LogP contribution in [0.4, 0.5) is 5.69 Å². The van der Waals surface area contributed by atoms with Crippen LogP contribution in [0.3, 0.4) is 0 Å². The van der Waals surface area contributed by atoms with Gasteiger partial charge in [0.05, 0.1) is 0 Å². The lowest BCUT2D eigenvalue weighted by Crippen LogP contribution is -2.21. The molecule has 20 heavy (non-hydrogen) atoms. The fraction of sp³-hybridized carbons (Fsp3) is 0.294. The molecule has 3 rings (SSSR count). The molecule has 0 saturated heterocycles.